The second kappa shape index (κ2) is 8.20. The van der Waals surface area contributed by atoms with Crippen molar-refractivity contribution in [2.24, 2.45) is 0 Å². The number of carbonyl (C=O) groups is 1. The molecule has 1 aromatic carbocycles. The van der Waals surface area contributed by atoms with Crippen LogP contribution in [0.1, 0.15) is 56.3 Å². The Labute approximate surface area is 123 Å². The first kappa shape index (κ1) is 16.0. The number of hydrogen-bond acceptors (Lipinski definition) is 2. The fraction of sp³-hybridized carbons (Fsp3) is 0.533. The Morgan fingerprint density at radius 2 is 2.05 bits per heavy atom. The average Bonchev–Trinajstić information content (AvgIpc) is 2.39. The summed E-state index contributed by atoms with van der Waals surface area (Å²) >= 11 is 3.21. The lowest BCUT2D eigenvalue weighted by atomic mass is 10.0. The lowest BCUT2D eigenvalue weighted by Gasteiger charge is -2.18. The Bertz CT molecular complexity index is 421. The van der Waals surface area contributed by atoms with Gasteiger partial charge in [-0.3, -0.25) is 4.79 Å². The van der Waals surface area contributed by atoms with Crippen LogP contribution in [0.5, 0.6) is 5.75 Å². The van der Waals surface area contributed by atoms with E-state index in [0.717, 1.165) is 32.1 Å². The van der Waals surface area contributed by atoms with Gasteiger partial charge in [0.25, 0.3) is 5.91 Å². The number of phenolic OH excluding ortho intramolecular Hbond substituents is 1. The summed E-state index contributed by atoms with van der Waals surface area (Å²) < 4.78 is 0.597. The molecule has 0 spiro atoms. The van der Waals surface area contributed by atoms with Gasteiger partial charge >= 0.3 is 0 Å². The first-order valence-corrected chi connectivity index (χ1v) is 7.67. The van der Waals surface area contributed by atoms with Gasteiger partial charge in [0.1, 0.15) is 5.75 Å². The molecule has 0 radical (unpaired) electrons. The minimum Gasteiger partial charge on any atom is -0.507 e. The van der Waals surface area contributed by atoms with E-state index in [1.165, 1.54) is 6.07 Å². The first-order valence-electron chi connectivity index (χ1n) is 6.87. The van der Waals surface area contributed by atoms with Crippen molar-refractivity contribution in [1.82, 2.24) is 5.32 Å². The number of benzene rings is 1. The van der Waals surface area contributed by atoms with Gasteiger partial charge in [0, 0.05) is 11.6 Å². The van der Waals surface area contributed by atoms with E-state index < -0.39 is 0 Å². The normalized spacial score (nSPS) is 12.2. The molecule has 106 valence electrons. The molecule has 1 aromatic rings. The molecule has 1 atom stereocenters. The first-order chi connectivity index (χ1) is 9.08. The van der Waals surface area contributed by atoms with Crippen LogP contribution in [-0.2, 0) is 0 Å². The predicted molar refractivity (Wildman–Crippen MR) is 81.5 cm³/mol. The van der Waals surface area contributed by atoms with Crippen LogP contribution >= 0.6 is 15.9 Å². The molecule has 0 bridgehead atoms. The van der Waals surface area contributed by atoms with Crippen LogP contribution in [0.15, 0.2) is 22.7 Å². The third-order valence-corrected chi connectivity index (χ3v) is 3.76. The highest BCUT2D eigenvalue weighted by molar-refractivity contribution is 9.10. The van der Waals surface area contributed by atoms with Gasteiger partial charge < -0.3 is 10.4 Å². The van der Waals surface area contributed by atoms with E-state index >= 15 is 0 Å². The van der Waals surface area contributed by atoms with Gasteiger partial charge in [0.15, 0.2) is 0 Å². The SMILES string of the molecule is CCCCC(CCC)NC(=O)c1ccc(Br)c(O)c1. The molecule has 0 aliphatic heterocycles. The van der Waals surface area contributed by atoms with Crippen LogP contribution in [0, 0.1) is 0 Å². The van der Waals surface area contributed by atoms with Gasteiger partial charge in [-0.2, -0.15) is 0 Å². The number of aromatic hydroxyl groups is 1. The van der Waals surface area contributed by atoms with E-state index in [2.05, 4.69) is 35.1 Å². The number of carbonyl (C=O) groups excluding carboxylic acids is 1. The maximum absolute atomic E-state index is 12.1. The molecule has 19 heavy (non-hydrogen) atoms. The van der Waals surface area contributed by atoms with Crippen LogP contribution in [0.4, 0.5) is 0 Å². The molecule has 0 heterocycles. The summed E-state index contributed by atoms with van der Waals surface area (Å²) in [6.45, 7) is 4.27. The van der Waals surface area contributed by atoms with Crippen molar-refractivity contribution in [3.05, 3.63) is 28.2 Å². The standard InChI is InChI=1S/C15H22BrNO2/c1-3-5-7-12(6-4-2)17-15(19)11-8-9-13(16)14(18)10-11/h8-10,12,18H,3-7H2,1-2H3,(H,17,19). The molecule has 0 aromatic heterocycles. The highest BCUT2D eigenvalue weighted by Gasteiger charge is 2.13. The van der Waals surface area contributed by atoms with Gasteiger partial charge in [-0.15, -0.1) is 0 Å². The molecular formula is C15H22BrNO2. The number of rotatable bonds is 7. The number of amides is 1. The predicted octanol–water partition coefficient (Wildman–Crippen LogP) is 4.24. The smallest absolute Gasteiger partial charge is 0.251 e. The minimum atomic E-state index is -0.114. The molecule has 1 amide bonds. The third kappa shape index (κ3) is 5.23. The molecule has 4 heteroatoms. The molecule has 0 saturated carbocycles. The maximum Gasteiger partial charge on any atom is 0.251 e. The Morgan fingerprint density at radius 3 is 2.63 bits per heavy atom. The second-order valence-corrected chi connectivity index (χ2v) is 5.62. The van der Waals surface area contributed by atoms with Crippen molar-refractivity contribution in [1.29, 1.82) is 0 Å². The summed E-state index contributed by atoms with van der Waals surface area (Å²) in [6, 6.07) is 5.11. The highest BCUT2D eigenvalue weighted by atomic mass is 79.9. The van der Waals surface area contributed by atoms with Crippen molar-refractivity contribution in [2.45, 2.75) is 52.0 Å². The topological polar surface area (TPSA) is 49.3 Å². The molecule has 3 nitrogen and oxygen atoms in total. The van der Waals surface area contributed by atoms with Crippen molar-refractivity contribution < 1.29 is 9.90 Å². The molecule has 0 aliphatic rings. The Kier molecular flexibility index (Phi) is 6.92. The summed E-state index contributed by atoms with van der Waals surface area (Å²) in [5.74, 6) is -0.0226. The zero-order valence-corrected chi connectivity index (χ0v) is 13.2. The van der Waals surface area contributed by atoms with E-state index in [1.807, 2.05) is 0 Å². The lowest BCUT2D eigenvalue weighted by molar-refractivity contribution is 0.0931. The van der Waals surface area contributed by atoms with Crippen molar-refractivity contribution >= 4 is 21.8 Å². The van der Waals surface area contributed by atoms with Gasteiger partial charge in [-0.25, -0.2) is 0 Å². The molecule has 1 rings (SSSR count). The summed E-state index contributed by atoms with van der Waals surface area (Å²) in [4.78, 5) is 12.1. The van der Waals surface area contributed by atoms with Crippen LogP contribution < -0.4 is 5.32 Å². The van der Waals surface area contributed by atoms with E-state index in [0.29, 0.717) is 10.0 Å². The Balaban J connectivity index is 2.66. The van der Waals surface area contributed by atoms with Crippen LogP contribution in [0.25, 0.3) is 0 Å². The summed E-state index contributed by atoms with van der Waals surface area (Å²) in [7, 11) is 0. The number of hydrogen-bond donors (Lipinski definition) is 2. The molecule has 2 N–H and O–H groups in total. The van der Waals surface area contributed by atoms with Gasteiger partial charge in [0.05, 0.1) is 4.47 Å². The molecule has 1 unspecified atom stereocenters. The minimum absolute atomic E-state index is 0.0910. The zero-order valence-electron chi connectivity index (χ0n) is 11.6. The van der Waals surface area contributed by atoms with E-state index in [1.54, 1.807) is 12.1 Å². The third-order valence-electron chi connectivity index (χ3n) is 3.09. The van der Waals surface area contributed by atoms with Crippen LogP contribution in [-0.4, -0.2) is 17.1 Å². The van der Waals surface area contributed by atoms with Crippen LogP contribution in [0.2, 0.25) is 0 Å². The van der Waals surface area contributed by atoms with Gasteiger partial charge in [-0.1, -0.05) is 33.1 Å². The van der Waals surface area contributed by atoms with Crippen molar-refractivity contribution in [3.63, 3.8) is 0 Å². The van der Waals surface area contributed by atoms with Gasteiger partial charge in [0.2, 0.25) is 0 Å². The average molecular weight is 328 g/mol. The molecular weight excluding hydrogens is 306 g/mol. The zero-order chi connectivity index (χ0) is 14.3. The highest BCUT2D eigenvalue weighted by Crippen LogP contribution is 2.24. The fourth-order valence-corrected chi connectivity index (χ4v) is 2.26. The Hall–Kier alpha value is -1.03. The number of halogens is 1. The fourth-order valence-electron chi connectivity index (χ4n) is 2.01. The quantitative estimate of drug-likeness (QED) is 0.786. The van der Waals surface area contributed by atoms with Gasteiger partial charge in [-0.05, 0) is 47.0 Å². The molecule has 0 aliphatic carbocycles. The monoisotopic (exact) mass is 327 g/mol. The lowest BCUT2D eigenvalue weighted by Crippen LogP contribution is -2.34. The van der Waals surface area contributed by atoms with E-state index in [-0.39, 0.29) is 17.7 Å². The largest absolute Gasteiger partial charge is 0.507 e. The van der Waals surface area contributed by atoms with Crippen molar-refractivity contribution in [2.75, 3.05) is 0 Å². The summed E-state index contributed by atoms with van der Waals surface area (Å²) in [5.41, 5.74) is 0.498. The maximum atomic E-state index is 12.1. The van der Waals surface area contributed by atoms with E-state index in [9.17, 15) is 9.90 Å². The molecule has 0 fully saturated rings. The number of unbranched alkanes of at least 4 members (excludes halogenated alkanes) is 1. The Morgan fingerprint density at radius 1 is 1.32 bits per heavy atom. The van der Waals surface area contributed by atoms with Crippen LogP contribution in [0.3, 0.4) is 0 Å². The summed E-state index contributed by atoms with van der Waals surface area (Å²) in [6.07, 6.45) is 5.32. The number of nitrogens with one attached hydrogen (secondary N) is 1. The second-order valence-electron chi connectivity index (χ2n) is 4.77. The number of phenols is 1. The van der Waals surface area contributed by atoms with E-state index in [4.69, 9.17) is 0 Å². The van der Waals surface area contributed by atoms with Crippen molar-refractivity contribution in [3.8, 4) is 5.75 Å². The summed E-state index contributed by atoms with van der Waals surface area (Å²) in [5, 5.41) is 12.7. The molecule has 0 saturated heterocycles.